The maximum absolute atomic E-state index is 12.4. The van der Waals surface area contributed by atoms with E-state index in [-0.39, 0.29) is 5.91 Å². The molecule has 0 saturated heterocycles. The highest BCUT2D eigenvalue weighted by molar-refractivity contribution is 5.95. The van der Waals surface area contributed by atoms with E-state index in [9.17, 15) is 4.79 Å². The van der Waals surface area contributed by atoms with Gasteiger partial charge in [0.25, 0.3) is 5.91 Å². The van der Waals surface area contributed by atoms with Crippen LogP contribution in [0.4, 0.5) is 0 Å². The number of nitrogens with zero attached hydrogens (tertiary/aromatic N) is 2. The summed E-state index contributed by atoms with van der Waals surface area (Å²) in [4.78, 5) is 17.0. The maximum Gasteiger partial charge on any atom is 0.251 e. The molecule has 0 unspecified atom stereocenters. The smallest absolute Gasteiger partial charge is 0.251 e. The van der Waals surface area contributed by atoms with E-state index >= 15 is 0 Å². The van der Waals surface area contributed by atoms with Gasteiger partial charge in [0.05, 0.1) is 17.6 Å². The van der Waals surface area contributed by atoms with Gasteiger partial charge in [0.15, 0.2) is 0 Å². The van der Waals surface area contributed by atoms with Gasteiger partial charge in [-0.25, -0.2) is 4.98 Å². The molecule has 0 aliphatic rings. The number of carbonyl (C=O) groups excluding carboxylic acids is 1. The molecule has 126 valence electrons. The number of benzene rings is 2. The largest absolute Gasteiger partial charge is 0.352 e. The molecular weight excluding hydrogens is 310 g/mol. The number of imidazole rings is 1. The van der Waals surface area contributed by atoms with E-state index < -0.39 is 0 Å². The highest BCUT2D eigenvalue weighted by Crippen LogP contribution is 2.16. The van der Waals surface area contributed by atoms with Crippen LogP contribution >= 0.6 is 0 Å². The molecule has 1 amide bonds. The Labute approximate surface area is 147 Å². The molecule has 0 radical (unpaired) electrons. The number of nitrogens with one attached hydrogen (secondary N) is 1. The van der Waals surface area contributed by atoms with Crippen molar-refractivity contribution >= 4 is 16.9 Å². The summed E-state index contributed by atoms with van der Waals surface area (Å²) < 4.78 is 2.03. The number of hydrogen-bond donors (Lipinski definition) is 1. The molecule has 3 rings (SSSR count). The van der Waals surface area contributed by atoms with Gasteiger partial charge < -0.3 is 9.88 Å². The van der Waals surface area contributed by atoms with E-state index in [0.29, 0.717) is 25.1 Å². The zero-order valence-electron chi connectivity index (χ0n) is 14.5. The van der Waals surface area contributed by atoms with Crippen LogP contribution < -0.4 is 5.32 Å². The summed E-state index contributed by atoms with van der Waals surface area (Å²) in [5.74, 6) is 3.51. The number of amides is 1. The minimum atomic E-state index is -0.0582. The van der Waals surface area contributed by atoms with Crippen molar-refractivity contribution in [3.63, 3.8) is 0 Å². The molecule has 4 nitrogen and oxygen atoms in total. The molecule has 0 spiro atoms. The highest BCUT2D eigenvalue weighted by atomic mass is 16.1. The number of terminal acetylenes is 1. The molecule has 4 heteroatoms. The minimum Gasteiger partial charge on any atom is -0.352 e. The van der Waals surface area contributed by atoms with Gasteiger partial charge in [-0.2, -0.15) is 0 Å². The zero-order valence-corrected chi connectivity index (χ0v) is 14.5. The third-order valence-corrected chi connectivity index (χ3v) is 4.24. The summed E-state index contributed by atoms with van der Waals surface area (Å²) in [6.07, 6.45) is 6.12. The molecule has 1 aromatic heterocycles. The van der Waals surface area contributed by atoms with Crippen molar-refractivity contribution in [1.29, 1.82) is 0 Å². The van der Waals surface area contributed by atoms with Gasteiger partial charge >= 0.3 is 0 Å². The van der Waals surface area contributed by atoms with Gasteiger partial charge in [0.2, 0.25) is 0 Å². The summed E-state index contributed by atoms with van der Waals surface area (Å²) in [5, 5.41) is 2.98. The average Bonchev–Trinajstić information content (AvgIpc) is 2.93. The van der Waals surface area contributed by atoms with Gasteiger partial charge in [-0.05, 0) is 37.6 Å². The summed E-state index contributed by atoms with van der Waals surface area (Å²) in [6, 6.07) is 13.8. The van der Waals surface area contributed by atoms with E-state index in [1.54, 1.807) is 0 Å². The Morgan fingerprint density at radius 3 is 2.80 bits per heavy atom. The Balaban J connectivity index is 1.71. The third kappa shape index (κ3) is 3.56. The first-order chi connectivity index (χ1) is 12.1. The van der Waals surface area contributed by atoms with Crippen LogP contribution in [0.1, 0.15) is 27.3 Å². The number of hydrogen-bond acceptors (Lipinski definition) is 2. The van der Waals surface area contributed by atoms with E-state index in [1.165, 1.54) is 0 Å². The molecule has 1 heterocycles. The molecule has 0 fully saturated rings. The van der Waals surface area contributed by atoms with Crippen molar-refractivity contribution in [2.45, 2.75) is 26.8 Å². The Morgan fingerprint density at radius 2 is 2.04 bits per heavy atom. The molecule has 1 N–H and O–H groups in total. The number of aromatic nitrogens is 2. The molecule has 3 aromatic rings. The number of carbonyl (C=O) groups is 1. The topological polar surface area (TPSA) is 46.9 Å². The van der Waals surface area contributed by atoms with Crippen molar-refractivity contribution in [2.24, 2.45) is 0 Å². The first-order valence-electron chi connectivity index (χ1n) is 8.33. The van der Waals surface area contributed by atoms with E-state index in [1.807, 2.05) is 60.9 Å². The van der Waals surface area contributed by atoms with Crippen molar-refractivity contribution < 1.29 is 4.79 Å². The SMILES string of the molecule is C#CCn1c(CCNC(=O)c2ccc(C)cc2C)nc2ccccc21. The first-order valence-corrected chi connectivity index (χ1v) is 8.33. The predicted molar refractivity (Wildman–Crippen MR) is 101 cm³/mol. The van der Waals surface area contributed by atoms with Crippen LogP contribution in [-0.2, 0) is 13.0 Å². The fourth-order valence-electron chi connectivity index (χ4n) is 3.04. The second kappa shape index (κ2) is 7.23. The molecule has 0 saturated carbocycles. The summed E-state index contributed by atoms with van der Waals surface area (Å²) in [7, 11) is 0. The predicted octanol–water partition coefficient (Wildman–Crippen LogP) is 3.26. The molecule has 0 bridgehead atoms. The van der Waals surface area contributed by atoms with Gasteiger partial charge in [0, 0.05) is 18.5 Å². The minimum absolute atomic E-state index is 0.0582. The fraction of sp³-hybridized carbons (Fsp3) is 0.238. The van der Waals surface area contributed by atoms with Crippen LogP contribution in [-0.4, -0.2) is 22.0 Å². The lowest BCUT2D eigenvalue weighted by atomic mass is 10.1. The number of para-hydroxylation sites is 2. The van der Waals surface area contributed by atoms with Crippen LogP contribution in [0.25, 0.3) is 11.0 Å². The van der Waals surface area contributed by atoms with Crippen LogP contribution in [0.2, 0.25) is 0 Å². The van der Waals surface area contributed by atoms with Gasteiger partial charge in [0.1, 0.15) is 5.82 Å². The van der Waals surface area contributed by atoms with Crippen molar-refractivity contribution in [1.82, 2.24) is 14.9 Å². The molecule has 0 atom stereocenters. The maximum atomic E-state index is 12.4. The second-order valence-electron chi connectivity index (χ2n) is 6.13. The molecule has 0 aliphatic heterocycles. The number of aryl methyl sites for hydroxylation is 2. The highest BCUT2D eigenvalue weighted by Gasteiger charge is 2.11. The Bertz CT molecular complexity index is 963. The van der Waals surface area contributed by atoms with Gasteiger partial charge in [-0.1, -0.05) is 35.7 Å². The van der Waals surface area contributed by atoms with Crippen molar-refractivity contribution in [3.8, 4) is 12.3 Å². The van der Waals surface area contributed by atoms with Crippen molar-refractivity contribution in [3.05, 3.63) is 65.0 Å². The normalized spacial score (nSPS) is 10.6. The standard InChI is InChI=1S/C21H21N3O/c1-4-13-24-19-8-6-5-7-18(19)23-20(24)11-12-22-21(25)17-10-9-15(2)14-16(17)3/h1,5-10,14H,11-13H2,2-3H3,(H,22,25). The van der Waals surface area contributed by atoms with Crippen molar-refractivity contribution in [2.75, 3.05) is 6.54 Å². The quantitative estimate of drug-likeness (QED) is 0.730. The molecule has 0 aliphatic carbocycles. The molecular formula is C21H21N3O. The zero-order chi connectivity index (χ0) is 17.8. The van der Waals surface area contributed by atoms with Crippen LogP contribution in [0.5, 0.6) is 0 Å². The summed E-state index contributed by atoms with van der Waals surface area (Å²) in [5.41, 5.74) is 4.79. The Hall–Kier alpha value is -3.06. The van der Waals surface area contributed by atoms with Gasteiger partial charge in [-0.15, -0.1) is 6.42 Å². The average molecular weight is 331 g/mol. The lowest BCUT2D eigenvalue weighted by molar-refractivity contribution is 0.0953. The van der Waals surface area contributed by atoms with Gasteiger partial charge in [-0.3, -0.25) is 4.79 Å². The van der Waals surface area contributed by atoms with E-state index in [2.05, 4.69) is 16.2 Å². The fourth-order valence-corrected chi connectivity index (χ4v) is 3.04. The van der Waals surface area contributed by atoms with E-state index in [0.717, 1.165) is 28.0 Å². The Kier molecular flexibility index (Phi) is 4.85. The van der Waals surface area contributed by atoms with Crippen LogP contribution in [0.3, 0.4) is 0 Å². The lowest BCUT2D eigenvalue weighted by Gasteiger charge is -2.09. The van der Waals surface area contributed by atoms with Crippen LogP contribution in [0.15, 0.2) is 42.5 Å². The lowest BCUT2D eigenvalue weighted by Crippen LogP contribution is -2.27. The first kappa shape index (κ1) is 16.8. The van der Waals surface area contributed by atoms with Crippen LogP contribution in [0, 0.1) is 26.2 Å². The summed E-state index contributed by atoms with van der Waals surface area (Å²) in [6.45, 7) is 4.96. The monoisotopic (exact) mass is 331 g/mol. The van der Waals surface area contributed by atoms with E-state index in [4.69, 9.17) is 6.42 Å². The molecule has 2 aromatic carbocycles. The second-order valence-corrected chi connectivity index (χ2v) is 6.13. The third-order valence-electron chi connectivity index (χ3n) is 4.24. The molecule has 25 heavy (non-hydrogen) atoms. The Morgan fingerprint density at radius 1 is 1.24 bits per heavy atom. The number of rotatable bonds is 5. The summed E-state index contributed by atoms with van der Waals surface area (Å²) >= 11 is 0. The number of fused-ring (bicyclic) bond motifs is 1.